The fourth-order valence-electron chi connectivity index (χ4n) is 2.38. The van der Waals surface area contributed by atoms with Crippen molar-refractivity contribution < 1.29 is 9.53 Å². The van der Waals surface area contributed by atoms with E-state index in [1.165, 1.54) is 16.5 Å². The number of benzene rings is 1. The molecule has 0 fully saturated rings. The zero-order valence-corrected chi connectivity index (χ0v) is 13.3. The fraction of sp³-hybridized carbons (Fsp3) is 0.471. The van der Waals surface area contributed by atoms with Crippen molar-refractivity contribution in [3.63, 3.8) is 0 Å². The zero-order chi connectivity index (χ0) is 15.5. The van der Waals surface area contributed by atoms with Crippen LogP contribution in [0, 0.1) is 0 Å². The molecule has 1 aromatic heterocycles. The molecule has 1 amide bonds. The molecule has 0 spiro atoms. The minimum Gasteiger partial charge on any atom is -0.444 e. The number of hydrogen-bond acceptors (Lipinski definition) is 2. The third-order valence-corrected chi connectivity index (χ3v) is 3.31. The summed E-state index contributed by atoms with van der Waals surface area (Å²) in [7, 11) is 0. The zero-order valence-electron chi connectivity index (χ0n) is 13.3. The highest BCUT2D eigenvalue weighted by Gasteiger charge is 2.15. The molecule has 1 N–H and O–H groups in total. The molecule has 1 heterocycles. The molecule has 4 nitrogen and oxygen atoms in total. The fourth-order valence-corrected chi connectivity index (χ4v) is 2.38. The second-order valence-corrected chi connectivity index (χ2v) is 6.14. The first-order valence-electron chi connectivity index (χ1n) is 7.44. The Hall–Kier alpha value is -1.97. The van der Waals surface area contributed by atoms with E-state index < -0.39 is 5.60 Å². The van der Waals surface area contributed by atoms with Crippen molar-refractivity contribution in [3.05, 3.63) is 36.0 Å². The summed E-state index contributed by atoms with van der Waals surface area (Å²) in [6.45, 7) is 9.02. The Balaban J connectivity index is 1.97. The van der Waals surface area contributed by atoms with Crippen LogP contribution >= 0.6 is 0 Å². The predicted octanol–water partition coefficient (Wildman–Crippen LogP) is 3.73. The van der Waals surface area contributed by atoms with Gasteiger partial charge in [-0.15, -0.1) is 0 Å². The van der Waals surface area contributed by atoms with E-state index in [0.29, 0.717) is 6.54 Å². The first-order valence-corrected chi connectivity index (χ1v) is 7.44. The molecule has 0 aliphatic heterocycles. The maximum Gasteiger partial charge on any atom is 0.407 e. The normalized spacial score (nSPS) is 11.6. The second-order valence-electron chi connectivity index (χ2n) is 6.14. The monoisotopic (exact) mass is 288 g/mol. The molecule has 4 heteroatoms. The van der Waals surface area contributed by atoms with Gasteiger partial charge in [-0.2, -0.15) is 0 Å². The van der Waals surface area contributed by atoms with Gasteiger partial charge in [-0.1, -0.05) is 19.1 Å². The van der Waals surface area contributed by atoms with Crippen molar-refractivity contribution in [2.45, 2.75) is 46.3 Å². The van der Waals surface area contributed by atoms with Gasteiger partial charge in [0.15, 0.2) is 0 Å². The Kier molecular flexibility index (Phi) is 4.56. The highest BCUT2D eigenvalue weighted by Crippen LogP contribution is 2.20. The Bertz CT molecular complexity index is 623. The van der Waals surface area contributed by atoms with Gasteiger partial charge in [-0.05, 0) is 44.9 Å². The van der Waals surface area contributed by atoms with Gasteiger partial charge in [0.1, 0.15) is 5.60 Å². The lowest BCUT2D eigenvalue weighted by molar-refractivity contribution is 0.0526. The second kappa shape index (κ2) is 6.20. The van der Waals surface area contributed by atoms with Crippen LogP contribution in [0.1, 0.15) is 33.3 Å². The Morgan fingerprint density at radius 2 is 2.05 bits per heavy atom. The van der Waals surface area contributed by atoms with Gasteiger partial charge < -0.3 is 14.6 Å². The molecule has 0 atom stereocenters. The van der Waals surface area contributed by atoms with Crippen molar-refractivity contribution in [2.24, 2.45) is 0 Å². The van der Waals surface area contributed by atoms with Gasteiger partial charge in [-0.25, -0.2) is 4.79 Å². The molecule has 0 saturated heterocycles. The number of alkyl carbamates (subject to hydrolysis) is 1. The number of aryl methyl sites for hydroxylation is 1. The Labute approximate surface area is 126 Å². The average molecular weight is 288 g/mol. The van der Waals surface area contributed by atoms with E-state index in [0.717, 1.165) is 13.0 Å². The van der Waals surface area contributed by atoms with E-state index in [-0.39, 0.29) is 6.09 Å². The number of aromatic nitrogens is 1. The number of nitrogens with zero attached hydrogens (tertiary/aromatic N) is 1. The molecular formula is C17H24N2O2. The molecule has 0 radical (unpaired) electrons. The summed E-state index contributed by atoms with van der Waals surface area (Å²) in [4.78, 5) is 11.6. The van der Waals surface area contributed by atoms with Crippen LogP contribution in [0.25, 0.3) is 10.9 Å². The molecule has 2 aromatic rings. The first-order chi connectivity index (χ1) is 9.90. The summed E-state index contributed by atoms with van der Waals surface area (Å²) >= 11 is 0. The average Bonchev–Trinajstić information content (AvgIpc) is 2.80. The quantitative estimate of drug-likeness (QED) is 0.931. The molecule has 0 aliphatic rings. The van der Waals surface area contributed by atoms with E-state index in [1.54, 1.807) is 0 Å². The van der Waals surface area contributed by atoms with Gasteiger partial charge in [0, 0.05) is 30.2 Å². The number of hydrogen-bond donors (Lipinski definition) is 1. The molecule has 114 valence electrons. The van der Waals surface area contributed by atoms with E-state index in [2.05, 4.69) is 47.3 Å². The standard InChI is InChI=1S/C17H24N2O2/c1-5-13-7-6-8-15-14(13)9-11-19(15)12-10-18-16(20)21-17(2,3)4/h6-9,11H,5,10,12H2,1-4H3,(H,18,20). The topological polar surface area (TPSA) is 43.3 Å². The summed E-state index contributed by atoms with van der Waals surface area (Å²) in [5, 5.41) is 4.08. The summed E-state index contributed by atoms with van der Waals surface area (Å²) in [5.41, 5.74) is 2.10. The number of carbonyl (C=O) groups is 1. The third kappa shape index (κ3) is 4.00. The summed E-state index contributed by atoms with van der Waals surface area (Å²) in [6, 6.07) is 8.49. The van der Waals surface area contributed by atoms with E-state index >= 15 is 0 Å². The Morgan fingerprint density at radius 1 is 1.29 bits per heavy atom. The smallest absolute Gasteiger partial charge is 0.407 e. The van der Waals surface area contributed by atoms with Crippen LogP contribution in [0.5, 0.6) is 0 Å². The van der Waals surface area contributed by atoms with Crippen LogP contribution < -0.4 is 5.32 Å². The summed E-state index contributed by atoms with van der Waals surface area (Å²) in [5.74, 6) is 0. The van der Waals surface area contributed by atoms with Crippen molar-refractivity contribution in [1.82, 2.24) is 9.88 Å². The predicted molar refractivity (Wildman–Crippen MR) is 85.6 cm³/mol. The van der Waals surface area contributed by atoms with Crippen LogP contribution in [0.3, 0.4) is 0 Å². The summed E-state index contributed by atoms with van der Waals surface area (Å²) < 4.78 is 7.38. The lowest BCUT2D eigenvalue weighted by atomic mass is 10.1. The Morgan fingerprint density at radius 3 is 2.71 bits per heavy atom. The molecule has 0 bridgehead atoms. The number of rotatable bonds is 4. The highest BCUT2D eigenvalue weighted by molar-refractivity contribution is 5.83. The summed E-state index contributed by atoms with van der Waals surface area (Å²) in [6.07, 6.45) is 2.73. The molecule has 0 unspecified atom stereocenters. The molecule has 21 heavy (non-hydrogen) atoms. The number of amides is 1. The van der Waals surface area contributed by atoms with Crippen molar-refractivity contribution >= 4 is 17.0 Å². The minimum absolute atomic E-state index is 0.367. The number of fused-ring (bicyclic) bond motifs is 1. The van der Waals surface area contributed by atoms with Gasteiger partial charge in [-0.3, -0.25) is 0 Å². The minimum atomic E-state index is -0.458. The highest BCUT2D eigenvalue weighted by atomic mass is 16.6. The number of ether oxygens (including phenoxy) is 1. The number of nitrogens with one attached hydrogen (secondary N) is 1. The SMILES string of the molecule is CCc1cccc2c1ccn2CCNC(=O)OC(C)(C)C. The maximum absolute atomic E-state index is 11.6. The molecule has 0 aliphatic carbocycles. The van der Waals surface area contributed by atoms with Gasteiger partial charge in [0.2, 0.25) is 0 Å². The maximum atomic E-state index is 11.6. The molecular weight excluding hydrogens is 264 g/mol. The third-order valence-electron chi connectivity index (χ3n) is 3.31. The molecule has 2 rings (SSSR count). The van der Waals surface area contributed by atoms with Crippen molar-refractivity contribution in [1.29, 1.82) is 0 Å². The van der Waals surface area contributed by atoms with Crippen LogP contribution in [0.15, 0.2) is 30.5 Å². The van der Waals surface area contributed by atoms with E-state index in [1.807, 2.05) is 20.8 Å². The van der Waals surface area contributed by atoms with Gasteiger partial charge >= 0.3 is 6.09 Å². The van der Waals surface area contributed by atoms with Crippen LogP contribution in [-0.4, -0.2) is 22.8 Å². The van der Waals surface area contributed by atoms with Gasteiger partial charge in [0.25, 0.3) is 0 Å². The van der Waals surface area contributed by atoms with Crippen molar-refractivity contribution in [3.8, 4) is 0 Å². The van der Waals surface area contributed by atoms with Crippen molar-refractivity contribution in [2.75, 3.05) is 6.54 Å². The molecule has 0 saturated carbocycles. The van der Waals surface area contributed by atoms with Gasteiger partial charge in [0.05, 0.1) is 0 Å². The van der Waals surface area contributed by atoms with Crippen LogP contribution in [0.2, 0.25) is 0 Å². The largest absolute Gasteiger partial charge is 0.444 e. The van der Waals surface area contributed by atoms with E-state index in [9.17, 15) is 4.79 Å². The lowest BCUT2D eigenvalue weighted by Crippen LogP contribution is -2.34. The lowest BCUT2D eigenvalue weighted by Gasteiger charge is -2.19. The number of carbonyl (C=O) groups excluding carboxylic acids is 1. The molecule has 1 aromatic carbocycles. The van der Waals surface area contributed by atoms with Crippen LogP contribution in [0.4, 0.5) is 4.79 Å². The first kappa shape index (κ1) is 15.4. The van der Waals surface area contributed by atoms with Crippen LogP contribution in [-0.2, 0) is 17.7 Å². The van der Waals surface area contributed by atoms with E-state index in [4.69, 9.17) is 4.74 Å².